The first-order valence-corrected chi connectivity index (χ1v) is 5.36. The van der Waals surface area contributed by atoms with Crippen LogP contribution in [0, 0.1) is 0 Å². The van der Waals surface area contributed by atoms with Crippen LogP contribution in [0.25, 0.3) is 6.08 Å². The standard InChI is InChI=1S/C13H17NO4/c1-14-12(15)6-5-9-7-10(16-2)13(18-4)11(8-9)17-3/h5-8H,1-4H3,(H,14,15). The second kappa shape index (κ2) is 6.54. The van der Waals surface area contributed by atoms with Crippen LogP contribution in [0.15, 0.2) is 18.2 Å². The lowest BCUT2D eigenvalue weighted by Gasteiger charge is -2.12. The molecule has 0 aliphatic rings. The number of ether oxygens (including phenoxy) is 3. The summed E-state index contributed by atoms with van der Waals surface area (Å²) in [5.74, 6) is 1.45. The molecule has 0 atom stereocenters. The molecule has 0 radical (unpaired) electrons. The van der Waals surface area contributed by atoms with Gasteiger partial charge >= 0.3 is 0 Å². The Bertz CT molecular complexity index is 429. The van der Waals surface area contributed by atoms with Crippen LogP contribution < -0.4 is 19.5 Å². The predicted octanol–water partition coefficient (Wildman–Crippen LogP) is 1.47. The molecule has 18 heavy (non-hydrogen) atoms. The number of hydrogen-bond donors (Lipinski definition) is 1. The Morgan fingerprint density at radius 1 is 1.11 bits per heavy atom. The van der Waals surface area contributed by atoms with Crippen LogP contribution in [-0.2, 0) is 4.79 Å². The topological polar surface area (TPSA) is 56.8 Å². The molecule has 1 aromatic carbocycles. The Morgan fingerprint density at radius 2 is 1.67 bits per heavy atom. The lowest BCUT2D eigenvalue weighted by Crippen LogP contribution is -2.13. The zero-order valence-electron chi connectivity index (χ0n) is 10.9. The van der Waals surface area contributed by atoms with Crippen LogP contribution in [-0.4, -0.2) is 34.3 Å². The van der Waals surface area contributed by atoms with Crippen LogP contribution in [0.4, 0.5) is 0 Å². The number of hydrogen-bond acceptors (Lipinski definition) is 4. The third kappa shape index (κ3) is 3.16. The number of carbonyl (C=O) groups excluding carboxylic acids is 1. The molecule has 1 aromatic rings. The molecule has 1 rings (SSSR count). The first-order chi connectivity index (χ1) is 8.65. The fraction of sp³-hybridized carbons (Fsp3) is 0.308. The predicted molar refractivity (Wildman–Crippen MR) is 69.2 cm³/mol. The average Bonchev–Trinajstić information content (AvgIpc) is 2.43. The smallest absolute Gasteiger partial charge is 0.243 e. The molecule has 0 fully saturated rings. The normalized spacial score (nSPS) is 10.2. The van der Waals surface area contributed by atoms with Gasteiger partial charge in [-0.15, -0.1) is 0 Å². The number of amides is 1. The maximum Gasteiger partial charge on any atom is 0.243 e. The molecule has 0 aromatic heterocycles. The van der Waals surface area contributed by atoms with Crippen LogP contribution >= 0.6 is 0 Å². The summed E-state index contributed by atoms with van der Waals surface area (Å²) in [4.78, 5) is 11.1. The van der Waals surface area contributed by atoms with E-state index in [1.807, 2.05) is 0 Å². The summed E-state index contributed by atoms with van der Waals surface area (Å²) in [7, 11) is 6.20. The highest BCUT2D eigenvalue weighted by Crippen LogP contribution is 2.38. The van der Waals surface area contributed by atoms with Crippen LogP contribution in [0.3, 0.4) is 0 Å². The van der Waals surface area contributed by atoms with E-state index in [1.165, 1.54) is 6.08 Å². The zero-order chi connectivity index (χ0) is 13.5. The molecule has 0 heterocycles. The van der Waals surface area contributed by atoms with Crippen molar-refractivity contribution in [3.63, 3.8) is 0 Å². The van der Waals surface area contributed by atoms with Crippen LogP contribution in [0.1, 0.15) is 5.56 Å². The van der Waals surface area contributed by atoms with E-state index in [1.54, 1.807) is 46.6 Å². The van der Waals surface area contributed by atoms with Gasteiger partial charge in [0.25, 0.3) is 0 Å². The molecule has 0 saturated heterocycles. The molecule has 0 aliphatic heterocycles. The van der Waals surface area contributed by atoms with Crippen molar-refractivity contribution >= 4 is 12.0 Å². The first kappa shape index (κ1) is 13.9. The van der Waals surface area contributed by atoms with E-state index < -0.39 is 0 Å². The Balaban J connectivity index is 3.15. The number of carbonyl (C=O) groups is 1. The number of nitrogens with one attached hydrogen (secondary N) is 1. The fourth-order valence-electron chi connectivity index (χ4n) is 1.45. The van der Waals surface area contributed by atoms with Crippen molar-refractivity contribution in [1.29, 1.82) is 0 Å². The van der Waals surface area contributed by atoms with E-state index in [2.05, 4.69) is 5.32 Å². The Labute approximate surface area is 106 Å². The average molecular weight is 251 g/mol. The van der Waals surface area contributed by atoms with Crippen LogP contribution in [0.2, 0.25) is 0 Å². The second-order valence-electron chi connectivity index (χ2n) is 3.41. The molecular formula is C13H17NO4. The van der Waals surface area contributed by atoms with E-state index in [-0.39, 0.29) is 5.91 Å². The van der Waals surface area contributed by atoms with Gasteiger partial charge in [-0.1, -0.05) is 0 Å². The summed E-state index contributed by atoms with van der Waals surface area (Å²) in [5.41, 5.74) is 0.785. The summed E-state index contributed by atoms with van der Waals surface area (Å²) in [6.07, 6.45) is 3.10. The van der Waals surface area contributed by atoms with Gasteiger partial charge < -0.3 is 19.5 Å². The van der Waals surface area contributed by atoms with Crippen molar-refractivity contribution in [1.82, 2.24) is 5.32 Å². The van der Waals surface area contributed by atoms with Crippen molar-refractivity contribution in [2.45, 2.75) is 0 Å². The van der Waals surface area contributed by atoms with Crippen molar-refractivity contribution < 1.29 is 19.0 Å². The largest absolute Gasteiger partial charge is 0.493 e. The summed E-state index contributed by atoms with van der Waals surface area (Å²) in [6, 6.07) is 3.53. The molecule has 1 amide bonds. The van der Waals surface area contributed by atoms with E-state index >= 15 is 0 Å². The van der Waals surface area contributed by atoms with E-state index in [9.17, 15) is 4.79 Å². The zero-order valence-corrected chi connectivity index (χ0v) is 10.9. The molecule has 0 unspecified atom stereocenters. The minimum absolute atomic E-state index is 0.177. The molecule has 5 nitrogen and oxygen atoms in total. The molecule has 0 aliphatic carbocycles. The maximum atomic E-state index is 11.1. The minimum Gasteiger partial charge on any atom is -0.493 e. The molecule has 1 N–H and O–H groups in total. The molecule has 0 bridgehead atoms. The van der Waals surface area contributed by atoms with E-state index in [0.29, 0.717) is 17.2 Å². The van der Waals surface area contributed by atoms with Gasteiger partial charge in [-0.05, 0) is 23.8 Å². The Kier molecular flexibility index (Phi) is 5.05. The Hall–Kier alpha value is -2.17. The van der Waals surface area contributed by atoms with Crippen LogP contribution in [0.5, 0.6) is 17.2 Å². The molecular weight excluding hydrogens is 234 g/mol. The van der Waals surface area contributed by atoms with Gasteiger partial charge in [0.2, 0.25) is 11.7 Å². The van der Waals surface area contributed by atoms with Gasteiger partial charge in [-0.2, -0.15) is 0 Å². The van der Waals surface area contributed by atoms with Crippen molar-refractivity contribution in [2.75, 3.05) is 28.4 Å². The monoisotopic (exact) mass is 251 g/mol. The van der Waals surface area contributed by atoms with Gasteiger partial charge in [0.15, 0.2) is 11.5 Å². The van der Waals surface area contributed by atoms with Gasteiger partial charge in [0.1, 0.15) is 0 Å². The molecule has 98 valence electrons. The number of benzene rings is 1. The second-order valence-corrected chi connectivity index (χ2v) is 3.41. The highest BCUT2D eigenvalue weighted by Gasteiger charge is 2.11. The molecule has 0 spiro atoms. The van der Waals surface area contributed by atoms with Gasteiger partial charge in [0.05, 0.1) is 21.3 Å². The number of methoxy groups -OCH3 is 3. The third-order valence-electron chi connectivity index (χ3n) is 2.36. The van der Waals surface area contributed by atoms with Crippen molar-refractivity contribution in [2.24, 2.45) is 0 Å². The van der Waals surface area contributed by atoms with E-state index in [4.69, 9.17) is 14.2 Å². The summed E-state index contributed by atoms with van der Waals surface area (Å²) in [6.45, 7) is 0. The molecule has 5 heteroatoms. The van der Waals surface area contributed by atoms with Gasteiger partial charge in [-0.25, -0.2) is 0 Å². The summed E-state index contributed by atoms with van der Waals surface area (Å²) < 4.78 is 15.6. The first-order valence-electron chi connectivity index (χ1n) is 5.36. The SMILES string of the molecule is CNC(=O)C=Cc1cc(OC)c(OC)c(OC)c1. The lowest BCUT2D eigenvalue weighted by molar-refractivity contribution is -0.115. The van der Waals surface area contributed by atoms with Crippen molar-refractivity contribution in [3.8, 4) is 17.2 Å². The molecule has 0 saturated carbocycles. The number of likely N-dealkylation sites (N-methyl/N-ethyl adjacent to an activating group) is 1. The number of rotatable bonds is 5. The fourth-order valence-corrected chi connectivity index (χ4v) is 1.45. The van der Waals surface area contributed by atoms with E-state index in [0.717, 1.165) is 5.56 Å². The minimum atomic E-state index is -0.177. The highest BCUT2D eigenvalue weighted by atomic mass is 16.5. The Morgan fingerprint density at radius 3 is 2.06 bits per heavy atom. The summed E-state index contributed by atoms with van der Waals surface area (Å²) in [5, 5.41) is 2.50. The van der Waals surface area contributed by atoms with Gasteiger partial charge in [-0.3, -0.25) is 4.79 Å². The van der Waals surface area contributed by atoms with Crippen molar-refractivity contribution in [3.05, 3.63) is 23.8 Å². The quantitative estimate of drug-likeness (QED) is 0.805. The lowest BCUT2D eigenvalue weighted by atomic mass is 10.1. The maximum absolute atomic E-state index is 11.1. The summed E-state index contributed by atoms with van der Waals surface area (Å²) >= 11 is 0. The third-order valence-corrected chi connectivity index (χ3v) is 2.36. The highest BCUT2D eigenvalue weighted by molar-refractivity contribution is 5.91. The van der Waals surface area contributed by atoms with Gasteiger partial charge in [0, 0.05) is 13.1 Å².